The molecule has 27 heavy (non-hydrogen) atoms. The van der Waals surface area contributed by atoms with Crippen molar-refractivity contribution in [1.82, 2.24) is 4.72 Å². The molecule has 0 saturated heterocycles. The summed E-state index contributed by atoms with van der Waals surface area (Å²) in [6.45, 7) is 12.9. The van der Waals surface area contributed by atoms with Gasteiger partial charge in [-0.05, 0) is 63.2 Å². The van der Waals surface area contributed by atoms with Crippen LogP contribution in [0.4, 0.5) is 4.39 Å². The third-order valence-electron chi connectivity index (χ3n) is 5.21. The number of hydrogen-bond acceptors (Lipinski definition) is 3. The Morgan fingerprint density at radius 1 is 1.30 bits per heavy atom. The smallest absolute Gasteiger partial charge is 0.151 e. The molecule has 0 fully saturated rings. The fourth-order valence-corrected chi connectivity index (χ4v) is 3.85. The molecule has 0 heterocycles. The lowest BCUT2D eigenvalue weighted by atomic mass is 9.90. The topological polar surface area (TPSA) is 21.3 Å². The first-order chi connectivity index (χ1) is 12.8. The number of hydrogen-bond donors (Lipinski definition) is 1. The number of rotatable bonds is 12. The molecule has 2 nitrogen and oxygen atoms in total. The summed E-state index contributed by atoms with van der Waals surface area (Å²) >= 11 is 7.18. The quantitative estimate of drug-likeness (QED) is 0.274. The van der Waals surface area contributed by atoms with Gasteiger partial charge >= 0.3 is 0 Å². The third-order valence-corrected chi connectivity index (χ3v) is 6.27. The van der Waals surface area contributed by atoms with Crippen LogP contribution in [0.25, 0.3) is 5.70 Å². The average molecular weight is 416 g/mol. The van der Waals surface area contributed by atoms with E-state index in [2.05, 4.69) is 39.3 Å². The molecule has 0 aliphatic rings. The zero-order valence-corrected chi connectivity index (χ0v) is 19.2. The van der Waals surface area contributed by atoms with Crippen molar-refractivity contribution in [3.8, 4) is 0 Å². The van der Waals surface area contributed by atoms with Crippen LogP contribution in [0.5, 0.6) is 0 Å². The van der Waals surface area contributed by atoms with Crippen LogP contribution in [0.1, 0.15) is 85.6 Å². The van der Waals surface area contributed by atoms with Crippen LogP contribution in [-0.2, 0) is 4.18 Å². The van der Waals surface area contributed by atoms with Gasteiger partial charge in [-0.1, -0.05) is 58.2 Å². The molecular weight excluding hydrogens is 381 g/mol. The first-order valence-corrected chi connectivity index (χ1v) is 11.1. The molecule has 1 N–H and O–H groups in total. The maximum absolute atomic E-state index is 14.5. The number of nitrogens with one attached hydrogen (secondary N) is 1. The predicted molar refractivity (Wildman–Crippen MR) is 118 cm³/mol. The third kappa shape index (κ3) is 7.67. The summed E-state index contributed by atoms with van der Waals surface area (Å²) in [5.41, 5.74) is 2.08. The Kier molecular flexibility index (Phi) is 10.8. The molecule has 0 bridgehead atoms. The van der Waals surface area contributed by atoms with Gasteiger partial charge in [0, 0.05) is 5.56 Å². The number of benzene rings is 1. The van der Waals surface area contributed by atoms with Gasteiger partial charge in [-0.2, -0.15) is 0 Å². The maximum atomic E-state index is 14.5. The lowest BCUT2D eigenvalue weighted by Crippen LogP contribution is -2.28. The Balaban J connectivity index is 2.87. The van der Waals surface area contributed by atoms with Gasteiger partial charge in [0.1, 0.15) is 12.2 Å². The molecule has 5 heteroatoms. The molecule has 0 aliphatic carbocycles. The van der Waals surface area contributed by atoms with Crippen LogP contribution in [-0.4, -0.2) is 5.60 Å². The Morgan fingerprint density at radius 3 is 2.59 bits per heavy atom. The van der Waals surface area contributed by atoms with Crippen LogP contribution in [0.2, 0.25) is 5.02 Å². The SMILES string of the molecule is CCCC(C)(CCC(C)CC)OSN/C(=C(\C)CC)c1cccc(Cl)c1F. The first kappa shape index (κ1) is 24.3. The van der Waals surface area contributed by atoms with Crippen molar-refractivity contribution in [3.05, 3.63) is 40.2 Å². The van der Waals surface area contributed by atoms with Crippen LogP contribution < -0.4 is 4.72 Å². The zero-order valence-electron chi connectivity index (χ0n) is 17.6. The molecule has 0 saturated carbocycles. The van der Waals surface area contributed by atoms with Crippen LogP contribution in [0, 0.1) is 11.7 Å². The normalized spacial score (nSPS) is 15.9. The maximum Gasteiger partial charge on any atom is 0.151 e. The summed E-state index contributed by atoms with van der Waals surface area (Å²) in [6, 6.07) is 5.08. The fourth-order valence-electron chi connectivity index (χ4n) is 2.90. The number of allylic oxidation sites excluding steroid dienone is 1. The summed E-state index contributed by atoms with van der Waals surface area (Å²) in [7, 11) is 0. The van der Waals surface area contributed by atoms with E-state index >= 15 is 0 Å². The molecule has 154 valence electrons. The van der Waals surface area contributed by atoms with E-state index in [4.69, 9.17) is 15.8 Å². The van der Waals surface area contributed by atoms with Crippen LogP contribution in [0.3, 0.4) is 0 Å². The van der Waals surface area contributed by atoms with Crippen LogP contribution >= 0.6 is 23.8 Å². The van der Waals surface area contributed by atoms with E-state index in [1.807, 2.05) is 6.92 Å². The van der Waals surface area contributed by atoms with E-state index in [0.29, 0.717) is 11.5 Å². The minimum Gasteiger partial charge on any atom is -0.306 e. The van der Waals surface area contributed by atoms with E-state index in [1.54, 1.807) is 18.2 Å². The summed E-state index contributed by atoms with van der Waals surface area (Å²) in [5, 5.41) is 0.131. The van der Waals surface area contributed by atoms with Crippen molar-refractivity contribution in [1.29, 1.82) is 0 Å². The Hall–Kier alpha value is -0.710. The van der Waals surface area contributed by atoms with Crippen LogP contribution in [0.15, 0.2) is 23.8 Å². The minimum atomic E-state index is -0.400. The van der Waals surface area contributed by atoms with Crippen molar-refractivity contribution in [3.63, 3.8) is 0 Å². The van der Waals surface area contributed by atoms with Gasteiger partial charge in [-0.15, -0.1) is 0 Å². The predicted octanol–water partition coefficient (Wildman–Crippen LogP) is 8.17. The second-order valence-electron chi connectivity index (χ2n) is 7.63. The summed E-state index contributed by atoms with van der Waals surface area (Å²) in [6.07, 6.45) is 6.22. The standard InChI is InChI=1S/C22H35ClFNOS/c1-7-14-22(6,15-13-16(4)8-2)26-27-25-21(17(5)9-3)18-11-10-12-19(23)20(18)24/h10-12,16,25H,7-9,13-15H2,1-6H3/b21-17+. The van der Waals surface area contributed by atoms with Crippen molar-refractivity contribution in [2.45, 2.75) is 85.7 Å². The highest BCUT2D eigenvalue weighted by Crippen LogP contribution is 2.32. The summed E-state index contributed by atoms with van der Waals surface area (Å²) in [5.74, 6) is 0.296. The Labute approximate surface area is 174 Å². The first-order valence-electron chi connectivity index (χ1n) is 10.0. The molecule has 0 amide bonds. The highest BCUT2D eigenvalue weighted by molar-refractivity contribution is 7.93. The molecular formula is C22H35ClFNOS. The molecule has 1 aromatic carbocycles. The van der Waals surface area contributed by atoms with E-state index in [9.17, 15) is 4.39 Å². The van der Waals surface area contributed by atoms with E-state index in [-0.39, 0.29) is 10.6 Å². The average Bonchev–Trinajstić information content (AvgIpc) is 2.65. The number of halogens is 2. The molecule has 2 atom stereocenters. The Bertz CT molecular complexity index is 622. The van der Waals surface area contributed by atoms with E-state index < -0.39 is 5.82 Å². The zero-order chi connectivity index (χ0) is 20.4. The second kappa shape index (κ2) is 12.0. The molecule has 1 aromatic rings. The lowest BCUT2D eigenvalue weighted by molar-refractivity contribution is 0.0861. The summed E-state index contributed by atoms with van der Waals surface area (Å²) < 4.78 is 24.0. The fraction of sp³-hybridized carbons (Fsp3) is 0.636. The summed E-state index contributed by atoms with van der Waals surface area (Å²) in [4.78, 5) is 0. The van der Waals surface area contributed by atoms with Gasteiger partial charge in [0.15, 0.2) is 5.82 Å². The highest BCUT2D eigenvalue weighted by Gasteiger charge is 2.26. The van der Waals surface area contributed by atoms with Gasteiger partial charge in [-0.3, -0.25) is 4.18 Å². The largest absolute Gasteiger partial charge is 0.306 e. The van der Waals surface area contributed by atoms with Crippen molar-refractivity contribution in [2.75, 3.05) is 0 Å². The van der Waals surface area contributed by atoms with Crippen molar-refractivity contribution >= 4 is 29.5 Å². The Morgan fingerprint density at radius 2 is 2.00 bits per heavy atom. The van der Waals surface area contributed by atoms with E-state index in [0.717, 1.165) is 43.4 Å². The van der Waals surface area contributed by atoms with Gasteiger partial charge in [0.2, 0.25) is 0 Å². The van der Waals surface area contributed by atoms with Crippen molar-refractivity contribution in [2.24, 2.45) is 5.92 Å². The lowest BCUT2D eigenvalue weighted by Gasteiger charge is -2.30. The second-order valence-corrected chi connectivity index (χ2v) is 8.58. The van der Waals surface area contributed by atoms with Gasteiger partial charge in [0.25, 0.3) is 0 Å². The molecule has 0 spiro atoms. The molecule has 2 unspecified atom stereocenters. The molecule has 0 aromatic heterocycles. The van der Waals surface area contributed by atoms with E-state index in [1.165, 1.54) is 18.6 Å². The van der Waals surface area contributed by atoms with Gasteiger partial charge < -0.3 is 4.72 Å². The highest BCUT2D eigenvalue weighted by atomic mass is 35.5. The molecule has 0 aliphatic heterocycles. The minimum absolute atomic E-state index is 0.131. The van der Waals surface area contributed by atoms with Gasteiger partial charge in [-0.25, -0.2) is 4.39 Å². The van der Waals surface area contributed by atoms with Gasteiger partial charge in [0.05, 0.1) is 16.3 Å². The monoisotopic (exact) mass is 415 g/mol. The van der Waals surface area contributed by atoms with Crippen molar-refractivity contribution < 1.29 is 8.57 Å². The molecule has 1 rings (SSSR count). The molecule has 0 radical (unpaired) electrons.